The van der Waals surface area contributed by atoms with Gasteiger partial charge in [-0.15, -0.1) is 0 Å². The average Bonchev–Trinajstić information content (AvgIpc) is 2.75. The van der Waals surface area contributed by atoms with E-state index in [1.807, 2.05) is 25.3 Å². The van der Waals surface area contributed by atoms with Gasteiger partial charge in [0.05, 0.1) is 6.20 Å². The number of nitrogens with one attached hydrogen (secondary N) is 2. The first kappa shape index (κ1) is 13.1. The molecule has 0 spiro atoms. The van der Waals surface area contributed by atoms with Crippen LogP contribution >= 0.6 is 11.6 Å². The lowest BCUT2D eigenvalue weighted by Crippen LogP contribution is -2.27. The number of halogens is 1. The molecule has 0 aliphatic rings. The topological polar surface area (TPSA) is 40.7 Å². The number of aromatic nitrogens is 2. The van der Waals surface area contributed by atoms with Crippen LogP contribution in [0.15, 0.2) is 30.5 Å². The van der Waals surface area contributed by atoms with Gasteiger partial charge in [0, 0.05) is 28.9 Å². The van der Waals surface area contributed by atoms with Gasteiger partial charge in [-0.3, -0.25) is 5.10 Å². The van der Waals surface area contributed by atoms with E-state index in [0.717, 1.165) is 23.7 Å². The lowest BCUT2D eigenvalue weighted by molar-refractivity contribution is 0.544. The van der Waals surface area contributed by atoms with E-state index in [-0.39, 0.29) is 0 Å². The van der Waals surface area contributed by atoms with Gasteiger partial charge in [0.1, 0.15) is 0 Å². The molecule has 0 bridgehead atoms. The summed E-state index contributed by atoms with van der Waals surface area (Å²) in [6.45, 7) is 5.06. The zero-order chi connectivity index (χ0) is 13.0. The first-order chi connectivity index (χ1) is 8.65. The fraction of sp³-hybridized carbons (Fsp3) is 0.357. The Morgan fingerprint density at radius 1 is 1.33 bits per heavy atom. The maximum absolute atomic E-state index is 5.87. The molecule has 1 unspecified atom stereocenters. The maximum Gasteiger partial charge on any atom is 0.0535 e. The summed E-state index contributed by atoms with van der Waals surface area (Å²) in [6, 6.07) is 8.43. The zero-order valence-corrected chi connectivity index (χ0v) is 11.5. The Hall–Kier alpha value is -1.32. The lowest BCUT2D eigenvalue weighted by Gasteiger charge is -2.13. The summed E-state index contributed by atoms with van der Waals surface area (Å²) in [4.78, 5) is 0. The van der Waals surface area contributed by atoms with Gasteiger partial charge in [-0.05, 0) is 38.0 Å². The summed E-state index contributed by atoms with van der Waals surface area (Å²) in [5.74, 6) is 0. The standard InChI is InChI=1S/C14H18ClN3/c1-10(7-12-3-5-14(15)6-4-12)16-8-13-9-17-18-11(13)2/h3-6,9-10,16H,7-8H2,1-2H3,(H,17,18). The van der Waals surface area contributed by atoms with Crippen LogP contribution < -0.4 is 5.32 Å². The molecule has 0 fully saturated rings. The largest absolute Gasteiger partial charge is 0.310 e. The number of hydrogen-bond donors (Lipinski definition) is 2. The van der Waals surface area contributed by atoms with Crippen LogP contribution in [0.3, 0.4) is 0 Å². The minimum absolute atomic E-state index is 0.417. The number of hydrogen-bond acceptors (Lipinski definition) is 2. The number of nitrogens with zero attached hydrogens (tertiary/aromatic N) is 1. The molecular formula is C14H18ClN3. The minimum atomic E-state index is 0.417. The molecule has 1 aromatic heterocycles. The fourth-order valence-corrected chi connectivity index (χ4v) is 2.01. The van der Waals surface area contributed by atoms with Gasteiger partial charge in [0.15, 0.2) is 0 Å². The van der Waals surface area contributed by atoms with Gasteiger partial charge in [-0.2, -0.15) is 5.10 Å². The molecule has 0 saturated heterocycles. The number of aromatic amines is 1. The van der Waals surface area contributed by atoms with E-state index >= 15 is 0 Å². The van der Waals surface area contributed by atoms with Gasteiger partial charge in [-0.1, -0.05) is 23.7 Å². The number of benzene rings is 1. The van der Waals surface area contributed by atoms with Crippen molar-refractivity contribution in [3.8, 4) is 0 Å². The number of rotatable bonds is 5. The average molecular weight is 264 g/mol. The van der Waals surface area contributed by atoms with E-state index in [0.29, 0.717) is 6.04 Å². The molecule has 4 heteroatoms. The van der Waals surface area contributed by atoms with Crippen molar-refractivity contribution in [2.45, 2.75) is 32.9 Å². The Bertz CT molecular complexity index is 490. The molecule has 0 aliphatic carbocycles. The molecule has 18 heavy (non-hydrogen) atoms. The molecule has 0 aliphatic heterocycles. The van der Waals surface area contributed by atoms with Crippen molar-refractivity contribution in [1.29, 1.82) is 0 Å². The van der Waals surface area contributed by atoms with Crippen LogP contribution in [0.4, 0.5) is 0 Å². The molecule has 2 aromatic rings. The molecule has 3 nitrogen and oxygen atoms in total. The highest BCUT2D eigenvalue weighted by Gasteiger charge is 2.05. The Morgan fingerprint density at radius 2 is 2.06 bits per heavy atom. The summed E-state index contributed by atoms with van der Waals surface area (Å²) in [5, 5.41) is 11.2. The Kier molecular flexibility index (Phi) is 4.39. The molecule has 2 N–H and O–H groups in total. The Balaban J connectivity index is 1.83. The second kappa shape index (κ2) is 6.03. The van der Waals surface area contributed by atoms with Crippen LogP contribution in [0.2, 0.25) is 5.02 Å². The van der Waals surface area contributed by atoms with Crippen LogP contribution in [0.25, 0.3) is 0 Å². The van der Waals surface area contributed by atoms with E-state index in [4.69, 9.17) is 11.6 Å². The molecule has 0 radical (unpaired) electrons. The van der Waals surface area contributed by atoms with Crippen molar-refractivity contribution in [2.24, 2.45) is 0 Å². The van der Waals surface area contributed by atoms with E-state index in [9.17, 15) is 0 Å². The van der Waals surface area contributed by atoms with Crippen molar-refractivity contribution >= 4 is 11.6 Å². The maximum atomic E-state index is 5.87. The summed E-state index contributed by atoms with van der Waals surface area (Å²) >= 11 is 5.87. The predicted octanol–water partition coefficient (Wildman–Crippen LogP) is 3.09. The molecule has 1 atom stereocenters. The second-order valence-corrected chi connectivity index (χ2v) is 5.07. The van der Waals surface area contributed by atoms with E-state index in [1.54, 1.807) is 0 Å². The Labute approximate surface area is 113 Å². The van der Waals surface area contributed by atoms with Crippen LogP contribution in [0.1, 0.15) is 23.7 Å². The number of H-pyrrole nitrogens is 1. The van der Waals surface area contributed by atoms with Crippen molar-refractivity contribution in [2.75, 3.05) is 0 Å². The van der Waals surface area contributed by atoms with Crippen molar-refractivity contribution in [1.82, 2.24) is 15.5 Å². The zero-order valence-electron chi connectivity index (χ0n) is 10.7. The van der Waals surface area contributed by atoms with Crippen LogP contribution in [0, 0.1) is 6.92 Å². The third-order valence-electron chi connectivity index (χ3n) is 3.03. The quantitative estimate of drug-likeness (QED) is 0.870. The van der Waals surface area contributed by atoms with Gasteiger partial charge in [0.2, 0.25) is 0 Å². The van der Waals surface area contributed by atoms with Crippen LogP contribution in [-0.2, 0) is 13.0 Å². The highest BCUT2D eigenvalue weighted by molar-refractivity contribution is 6.30. The molecule has 1 aromatic carbocycles. The van der Waals surface area contributed by atoms with E-state index in [2.05, 4.69) is 34.6 Å². The molecule has 2 rings (SSSR count). The second-order valence-electron chi connectivity index (χ2n) is 4.63. The molecular weight excluding hydrogens is 246 g/mol. The van der Waals surface area contributed by atoms with Crippen LogP contribution in [-0.4, -0.2) is 16.2 Å². The van der Waals surface area contributed by atoms with Crippen LogP contribution in [0.5, 0.6) is 0 Å². The van der Waals surface area contributed by atoms with Crippen molar-refractivity contribution < 1.29 is 0 Å². The first-order valence-corrected chi connectivity index (χ1v) is 6.49. The minimum Gasteiger partial charge on any atom is -0.310 e. The molecule has 0 saturated carbocycles. The summed E-state index contributed by atoms with van der Waals surface area (Å²) in [7, 11) is 0. The summed E-state index contributed by atoms with van der Waals surface area (Å²) in [5.41, 5.74) is 3.64. The summed E-state index contributed by atoms with van der Waals surface area (Å²) < 4.78 is 0. The highest BCUT2D eigenvalue weighted by atomic mass is 35.5. The normalized spacial score (nSPS) is 12.6. The molecule has 96 valence electrons. The Morgan fingerprint density at radius 3 is 2.67 bits per heavy atom. The summed E-state index contributed by atoms with van der Waals surface area (Å²) in [6.07, 6.45) is 2.87. The van der Waals surface area contributed by atoms with E-state index < -0.39 is 0 Å². The third kappa shape index (κ3) is 3.59. The molecule has 1 heterocycles. The van der Waals surface area contributed by atoms with Gasteiger partial charge in [0.25, 0.3) is 0 Å². The van der Waals surface area contributed by atoms with Crippen molar-refractivity contribution in [3.05, 3.63) is 52.3 Å². The smallest absolute Gasteiger partial charge is 0.0535 e. The molecule has 0 amide bonds. The van der Waals surface area contributed by atoms with E-state index in [1.165, 1.54) is 11.1 Å². The highest BCUT2D eigenvalue weighted by Crippen LogP contribution is 2.11. The third-order valence-corrected chi connectivity index (χ3v) is 3.28. The number of aryl methyl sites for hydroxylation is 1. The van der Waals surface area contributed by atoms with Gasteiger partial charge < -0.3 is 5.32 Å². The monoisotopic (exact) mass is 263 g/mol. The van der Waals surface area contributed by atoms with Crippen molar-refractivity contribution in [3.63, 3.8) is 0 Å². The lowest BCUT2D eigenvalue weighted by atomic mass is 10.1. The van der Waals surface area contributed by atoms with Gasteiger partial charge >= 0.3 is 0 Å². The SMILES string of the molecule is Cc1[nH]ncc1CNC(C)Cc1ccc(Cl)cc1. The first-order valence-electron chi connectivity index (χ1n) is 6.12. The predicted molar refractivity (Wildman–Crippen MR) is 74.8 cm³/mol. The fourth-order valence-electron chi connectivity index (χ4n) is 1.88. The van der Waals surface area contributed by atoms with Gasteiger partial charge in [-0.25, -0.2) is 0 Å².